The maximum absolute atomic E-state index is 6.36. The normalized spacial score (nSPS) is 16.6. The molecule has 1 fully saturated rings. The number of hydrogen-bond donors (Lipinski definition) is 2. The van der Waals surface area contributed by atoms with Gasteiger partial charge in [-0.15, -0.1) is 24.8 Å². The number of piperazine rings is 1. The van der Waals surface area contributed by atoms with Crippen LogP contribution in [0.4, 0.5) is 5.69 Å². The van der Waals surface area contributed by atoms with Crippen molar-refractivity contribution in [3.63, 3.8) is 0 Å². The lowest BCUT2D eigenvalue weighted by Crippen LogP contribution is -2.45. The molecule has 3 nitrogen and oxygen atoms in total. The first kappa shape index (κ1) is 23.5. The SMILES string of the molecule is CC(C)CC[C@H](c1cc(Br)cc(Br)c1N)N1CCNCC1.Cl.Cl. The minimum atomic E-state index is 0. The first-order chi connectivity index (χ1) is 9.99. The molecule has 0 radical (unpaired) electrons. The highest BCUT2D eigenvalue weighted by Gasteiger charge is 2.25. The maximum Gasteiger partial charge on any atom is 0.0507 e. The second-order valence-electron chi connectivity index (χ2n) is 6.16. The minimum Gasteiger partial charge on any atom is -0.398 e. The number of halogens is 4. The number of anilines is 1. The molecule has 23 heavy (non-hydrogen) atoms. The van der Waals surface area contributed by atoms with E-state index in [9.17, 15) is 0 Å². The Morgan fingerprint density at radius 3 is 2.30 bits per heavy atom. The van der Waals surface area contributed by atoms with Crippen LogP contribution < -0.4 is 11.1 Å². The van der Waals surface area contributed by atoms with Crippen LogP contribution in [0.1, 0.15) is 38.3 Å². The average molecular weight is 492 g/mol. The number of hydrogen-bond acceptors (Lipinski definition) is 3. The molecule has 0 aliphatic carbocycles. The predicted molar refractivity (Wildman–Crippen MR) is 112 cm³/mol. The number of nitrogens with zero attached hydrogens (tertiary/aromatic N) is 1. The number of nitrogens with two attached hydrogens (primary N) is 1. The molecule has 1 aliphatic rings. The van der Waals surface area contributed by atoms with Gasteiger partial charge in [0.05, 0.1) is 5.69 Å². The van der Waals surface area contributed by atoms with Crippen molar-refractivity contribution in [3.05, 3.63) is 26.6 Å². The highest BCUT2D eigenvalue weighted by Crippen LogP contribution is 2.37. The van der Waals surface area contributed by atoms with Crippen molar-refractivity contribution in [1.29, 1.82) is 0 Å². The Hall–Kier alpha value is 0.480. The lowest BCUT2D eigenvalue weighted by molar-refractivity contribution is 0.160. The van der Waals surface area contributed by atoms with Gasteiger partial charge in [-0.25, -0.2) is 0 Å². The molecule has 0 saturated carbocycles. The van der Waals surface area contributed by atoms with Crippen LogP contribution in [0.5, 0.6) is 0 Å². The number of benzene rings is 1. The molecule has 1 atom stereocenters. The van der Waals surface area contributed by atoms with E-state index in [1.165, 1.54) is 12.0 Å². The van der Waals surface area contributed by atoms with Gasteiger partial charge in [-0.3, -0.25) is 4.90 Å². The van der Waals surface area contributed by atoms with Crippen LogP contribution in [0, 0.1) is 5.92 Å². The van der Waals surface area contributed by atoms with Crippen molar-refractivity contribution in [2.75, 3.05) is 31.9 Å². The lowest BCUT2D eigenvalue weighted by atomic mass is 9.94. The molecule has 1 aromatic rings. The molecule has 1 aliphatic heterocycles. The van der Waals surface area contributed by atoms with E-state index in [1.54, 1.807) is 0 Å². The summed E-state index contributed by atoms with van der Waals surface area (Å²) < 4.78 is 2.07. The molecule has 1 heterocycles. The third kappa shape index (κ3) is 6.71. The molecular weight excluding hydrogens is 465 g/mol. The predicted octanol–water partition coefficient (Wildman–Crippen LogP) is 5.02. The Morgan fingerprint density at radius 1 is 1.13 bits per heavy atom. The monoisotopic (exact) mass is 489 g/mol. The fraction of sp³-hybridized carbons (Fsp3) is 0.625. The quantitative estimate of drug-likeness (QED) is 0.568. The highest BCUT2D eigenvalue weighted by molar-refractivity contribution is 9.11. The van der Waals surface area contributed by atoms with Crippen LogP contribution in [0.3, 0.4) is 0 Å². The standard InChI is InChI=1S/C16H25Br2N3.2ClH/c1-11(2)3-4-15(21-7-5-20-6-8-21)13-9-12(17)10-14(18)16(13)19;;/h9-11,15,20H,3-8,19H2,1-2H3;2*1H/t15-;;/m1../s1. The van der Waals surface area contributed by atoms with E-state index in [0.29, 0.717) is 12.0 Å². The molecule has 1 saturated heterocycles. The van der Waals surface area contributed by atoms with E-state index in [4.69, 9.17) is 5.73 Å². The van der Waals surface area contributed by atoms with Crippen molar-refractivity contribution in [2.45, 2.75) is 32.7 Å². The first-order valence-corrected chi connectivity index (χ1v) is 9.26. The summed E-state index contributed by atoms with van der Waals surface area (Å²) in [6.45, 7) is 8.88. The van der Waals surface area contributed by atoms with Gasteiger partial charge in [0.1, 0.15) is 0 Å². The molecule has 0 amide bonds. The van der Waals surface area contributed by atoms with Crippen LogP contribution in [0.2, 0.25) is 0 Å². The summed E-state index contributed by atoms with van der Waals surface area (Å²) in [6, 6.07) is 4.62. The van der Waals surface area contributed by atoms with Crippen molar-refractivity contribution in [3.8, 4) is 0 Å². The van der Waals surface area contributed by atoms with Crippen LogP contribution in [-0.2, 0) is 0 Å². The maximum atomic E-state index is 6.36. The van der Waals surface area contributed by atoms with Gasteiger partial charge < -0.3 is 11.1 Å². The van der Waals surface area contributed by atoms with Gasteiger partial charge in [-0.1, -0.05) is 29.8 Å². The fourth-order valence-electron chi connectivity index (χ4n) is 2.90. The molecule has 1 aromatic carbocycles. The van der Waals surface area contributed by atoms with E-state index < -0.39 is 0 Å². The van der Waals surface area contributed by atoms with Crippen LogP contribution in [0.25, 0.3) is 0 Å². The second-order valence-corrected chi connectivity index (χ2v) is 7.93. The van der Waals surface area contributed by atoms with Crippen molar-refractivity contribution in [1.82, 2.24) is 10.2 Å². The summed E-state index contributed by atoms with van der Waals surface area (Å²) in [5, 5.41) is 3.43. The summed E-state index contributed by atoms with van der Waals surface area (Å²) in [7, 11) is 0. The fourth-order valence-corrected chi connectivity index (χ4v) is 4.16. The lowest BCUT2D eigenvalue weighted by Gasteiger charge is -2.36. The zero-order valence-electron chi connectivity index (χ0n) is 13.6. The molecular formula is C16H27Br2Cl2N3. The van der Waals surface area contributed by atoms with Gasteiger partial charge in [-0.05, 0) is 52.4 Å². The Kier molecular flexibility index (Phi) is 11.4. The van der Waals surface area contributed by atoms with E-state index >= 15 is 0 Å². The highest BCUT2D eigenvalue weighted by atomic mass is 79.9. The molecule has 0 unspecified atom stereocenters. The van der Waals surface area contributed by atoms with Gasteiger partial charge in [0.2, 0.25) is 0 Å². The smallest absolute Gasteiger partial charge is 0.0507 e. The topological polar surface area (TPSA) is 41.3 Å². The number of nitrogen functional groups attached to an aromatic ring is 1. The van der Waals surface area contributed by atoms with Crippen LogP contribution >= 0.6 is 56.7 Å². The van der Waals surface area contributed by atoms with E-state index in [0.717, 1.165) is 47.2 Å². The number of rotatable bonds is 5. The third-order valence-corrected chi connectivity index (χ3v) is 5.21. The molecule has 0 spiro atoms. The summed E-state index contributed by atoms with van der Waals surface area (Å²) >= 11 is 7.19. The Balaban J connectivity index is 0.00000242. The van der Waals surface area contributed by atoms with Gasteiger partial charge in [0.15, 0.2) is 0 Å². The Labute approximate surface area is 169 Å². The third-order valence-electron chi connectivity index (χ3n) is 4.10. The molecule has 0 aromatic heterocycles. The van der Waals surface area contributed by atoms with Crippen molar-refractivity contribution < 1.29 is 0 Å². The molecule has 134 valence electrons. The van der Waals surface area contributed by atoms with E-state index in [-0.39, 0.29) is 24.8 Å². The second kappa shape index (κ2) is 11.2. The summed E-state index contributed by atoms with van der Waals surface area (Å²) in [5.74, 6) is 0.715. The van der Waals surface area contributed by atoms with Gasteiger partial charge in [0, 0.05) is 41.2 Å². The summed E-state index contributed by atoms with van der Waals surface area (Å²) in [5.41, 5.74) is 8.48. The van der Waals surface area contributed by atoms with E-state index in [1.807, 2.05) is 6.07 Å². The van der Waals surface area contributed by atoms with Gasteiger partial charge in [0.25, 0.3) is 0 Å². The Bertz CT molecular complexity index is 481. The minimum absolute atomic E-state index is 0. The van der Waals surface area contributed by atoms with Crippen LogP contribution in [0.15, 0.2) is 21.1 Å². The van der Waals surface area contributed by atoms with E-state index in [2.05, 4.69) is 62.0 Å². The first-order valence-electron chi connectivity index (χ1n) is 7.68. The summed E-state index contributed by atoms with van der Waals surface area (Å²) in [6.07, 6.45) is 2.38. The van der Waals surface area contributed by atoms with Crippen molar-refractivity contribution >= 4 is 62.4 Å². The van der Waals surface area contributed by atoms with Crippen LogP contribution in [-0.4, -0.2) is 31.1 Å². The largest absolute Gasteiger partial charge is 0.398 e. The number of nitrogens with one attached hydrogen (secondary N) is 1. The van der Waals surface area contributed by atoms with Gasteiger partial charge >= 0.3 is 0 Å². The van der Waals surface area contributed by atoms with Crippen molar-refractivity contribution in [2.24, 2.45) is 5.92 Å². The molecule has 2 rings (SSSR count). The molecule has 3 N–H and O–H groups in total. The average Bonchev–Trinajstić information content (AvgIpc) is 2.45. The zero-order valence-corrected chi connectivity index (χ0v) is 18.5. The molecule has 7 heteroatoms. The zero-order chi connectivity index (χ0) is 15.4. The summed E-state index contributed by atoms with van der Waals surface area (Å²) in [4.78, 5) is 2.57. The van der Waals surface area contributed by atoms with Gasteiger partial charge in [-0.2, -0.15) is 0 Å². The molecule has 0 bridgehead atoms. The Morgan fingerprint density at radius 2 is 1.74 bits per heavy atom.